The van der Waals surface area contributed by atoms with Crippen molar-refractivity contribution in [2.45, 2.75) is 39.8 Å². The van der Waals surface area contributed by atoms with Crippen LogP contribution in [0, 0.1) is 5.92 Å². The zero-order chi connectivity index (χ0) is 20.1. The SMILES string of the molecule is CCOc1ccccc1CNC(=O)c1ccc2c(c1)NC(=O)[C@@H]([C@@H](C)CC)N2. The fourth-order valence-corrected chi connectivity index (χ4v) is 3.22. The van der Waals surface area contributed by atoms with Gasteiger partial charge in [0.2, 0.25) is 5.91 Å². The lowest BCUT2D eigenvalue weighted by atomic mass is 9.95. The number of carbonyl (C=O) groups excluding carboxylic acids is 2. The average molecular weight is 381 g/mol. The fourth-order valence-electron chi connectivity index (χ4n) is 3.22. The van der Waals surface area contributed by atoms with Crippen LogP contribution in [0.4, 0.5) is 11.4 Å². The van der Waals surface area contributed by atoms with E-state index < -0.39 is 0 Å². The molecule has 1 heterocycles. The average Bonchev–Trinajstić information content (AvgIpc) is 2.71. The molecule has 2 amide bonds. The predicted octanol–water partition coefficient (Wildman–Crippen LogP) is 3.79. The van der Waals surface area contributed by atoms with Crippen molar-refractivity contribution in [3.63, 3.8) is 0 Å². The number of benzene rings is 2. The van der Waals surface area contributed by atoms with Crippen molar-refractivity contribution in [1.82, 2.24) is 5.32 Å². The molecule has 28 heavy (non-hydrogen) atoms. The van der Waals surface area contributed by atoms with Gasteiger partial charge < -0.3 is 20.7 Å². The first-order chi connectivity index (χ1) is 13.5. The molecule has 6 nitrogen and oxygen atoms in total. The van der Waals surface area contributed by atoms with Crippen LogP contribution in [0.3, 0.4) is 0 Å². The second-order valence-electron chi connectivity index (χ2n) is 6.98. The smallest absolute Gasteiger partial charge is 0.251 e. The van der Waals surface area contributed by atoms with Crippen LogP contribution in [0.2, 0.25) is 0 Å². The highest BCUT2D eigenvalue weighted by Crippen LogP contribution is 2.30. The van der Waals surface area contributed by atoms with Gasteiger partial charge in [-0.25, -0.2) is 0 Å². The number of para-hydroxylation sites is 1. The molecule has 148 valence electrons. The summed E-state index contributed by atoms with van der Waals surface area (Å²) in [6.45, 7) is 6.97. The Balaban J connectivity index is 1.70. The molecule has 0 aliphatic carbocycles. The molecular formula is C22H27N3O3. The van der Waals surface area contributed by atoms with Gasteiger partial charge in [0.25, 0.3) is 5.91 Å². The Kier molecular flexibility index (Phi) is 6.19. The molecule has 6 heteroatoms. The van der Waals surface area contributed by atoms with Gasteiger partial charge in [0.05, 0.1) is 18.0 Å². The highest BCUT2D eigenvalue weighted by Gasteiger charge is 2.29. The summed E-state index contributed by atoms with van der Waals surface area (Å²) < 4.78 is 5.59. The monoisotopic (exact) mass is 381 g/mol. The van der Waals surface area contributed by atoms with Crippen LogP contribution in [-0.2, 0) is 11.3 Å². The molecule has 1 aliphatic heterocycles. The van der Waals surface area contributed by atoms with E-state index in [0.29, 0.717) is 24.4 Å². The number of carbonyl (C=O) groups is 2. The van der Waals surface area contributed by atoms with Gasteiger partial charge in [0, 0.05) is 17.7 Å². The molecule has 3 rings (SSSR count). The van der Waals surface area contributed by atoms with Gasteiger partial charge in [0.15, 0.2) is 0 Å². The van der Waals surface area contributed by atoms with Gasteiger partial charge in [-0.2, -0.15) is 0 Å². The molecular weight excluding hydrogens is 354 g/mol. The van der Waals surface area contributed by atoms with Crippen molar-refractivity contribution >= 4 is 23.2 Å². The lowest BCUT2D eigenvalue weighted by molar-refractivity contribution is -0.118. The van der Waals surface area contributed by atoms with Crippen molar-refractivity contribution in [3.8, 4) is 5.75 Å². The first kappa shape index (κ1) is 19.7. The molecule has 0 fully saturated rings. The molecule has 0 unspecified atom stereocenters. The van der Waals surface area contributed by atoms with Crippen molar-refractivity contribution in [3.05, 3.63) is 53.6 Å². The van der Waals surface area contributed by atoms with E-state index in [4.69, 9.17) is 4.74 Å². The lowest BCUT2D eigenvalue weighted by Crippen LogP contribution is -2.43. The van der Waals surface area contributed by atoms with Crippen LogP contribution in [0.5, 0.6) is 5.75 Å². The van der Waals surface area contributed by atoms with Crippen LogP contribution in [0.1, 0.15) is 43.1 Å². The minimum Gasteiger partial charge on any atom is -0.494 e. The number of hydrogen-bond acceptors (Lipinski definition) is 4. The van der Waals surface area contributed by atoms with Gasteiger partial charge in [0.1, 0.15) is 11.8 Å². The normalized spacial score (nSPS) is 16.4. The van der Waals surface area contributed by atoms with E-state index in [9.17, 15) is 9.59 Å². The number of hydrogen-bond donors (Lipinski definition) is 3. The summed E-state index contributed by atoms with van der Waals surface area (Å²) in [7, 11) is 0. The second kappa shape index (κ2) is 8.78. The van der Waals surface area contributed by atoms with Crippen LogP contribution in [0.15, 0.2) is 42.5 Å². The molecule has 2 atom stereocenters. The molecule has 0 spiro atoms. The summed E-state index contributed by atoms with van der Waals surface area (Å²) in [5.74, 6) is 0.724. The Morgan fingerprint density at radius 2 is 1.96 bits per heavy atom. The van der Waals surface area contributed by atoms with E-state index in [1.165, 1.54) is 0 Å². The van der Waals surface area contributed by atoms with Gasteiger partial charge in [-0.1, -0.05) is 38.5 Å². The molecule has 0 radical (unpaired) electrons. The molecule has 1 aliphatic rings. The molecule has 0 aromatic heterocycles. The number of rotatable bonds is 7. The zero-order valence-electron chi connectivity index (χ0n) is 16.5. The maximum absolute atomic E-state index is 12.6. The Morgan fingerprint density at radius 1 is 1.18 bits per heavy atom. The van der Waals surface area contributed by atoms with Crippen molar-refractivity contribution in [2.24, 2.45) is 5.92 Å². The Labute approximate surface area is 165 Å². The maximum atomic E-state index is 12.6. The number of amides is 2. The maximum Gasteiger partial charge on any atom is 0.251 e. The third kappa shape index (κ3) is 4.27. The molecule has 3 N–H and O–H groups in total. The van der Waals surface area contributed by atoms with E-state index in [1.807, 2.05) is 44.2 Å². The highest BCUT2D eigenvalue weighted by atomic mass is 16.5. The molecule has 0 saturated carbocycles. The molecule has 2 aromatic rings. The topological polar surface area (TPSA) is 79.5 Å². The third-order valence-corrected chi connectivity index (χ3v) is 5.06. The van der Waals surface area contributed by atoms with E-state index >= 15 is 0 Å². The van der Waals surface area contributed by atoms with E-state index in [1.54, 1.807) is 12.1 Å². The van der Waals surface area contributed by atoms with Crippen LogP contribution >= 0.6 is 0 Å². The number of nitrogens with one attached hydrogen (secondary N) is 3. The number of ether oxygens (including phenoxy) is 1. The van der Waals surface area contributed by atoms with Crippen molar-refractivity contribution in [2.75, 3.05) is 17.2 Å². The lowest BCUT2D eigenvalue weighted by Gasteiger charge is -2.30. The van der Waals surface area contributed by atoms with Crippen LogP contribution in [0.25, 0.3) is 0 Å². The Hall–Kier alpha value is -3.02. The molecule has 0 saturated heterocycles. The molecule has 2 aromatic carbocycles. The quantitative estimate of drug-likeness (QED) is 0.682. The summed E-state index contributed by atoms with van der Waals surface area (Å²) in [5, 5.41) is 9.12. The van der Waals surface area contributed by atoms with E-state index in [-0.39, 0.29) is 23.8 Å². The minimum atomic E-state index is -0.257. The number of fused-ring (bicyclic) bond motifs is 1. The Bertz CT molecular complexity index is 866. The predicted molar refractivity (Wildman–Crippen MR) is 111 cm³/mol. The summed E-state index contributed by atoms with van der Waals surface area (Å²) in [5.41, 5.74) is 2.88. The number of anilines is 2. The summed E-state index contributed by atoms with van der Waals surface area (Å²) in [6, 6.07) is 12.7. The zero-order valence-corrected chi connectivity index (χ0v) is 16.5. The first-order valence-corrected chi connectivity index (χ1v) is 9.73. The summed E-state index contributed by atoms with van der Waals surface area (Å²) in [6.07, 6.45) is 0.907. The van der Waals surface area contributed by atoms with Gasteiger partial charge in [-0.05, 0) is 37.1 Å². The largest absolute Gasteiger partial charge is 0.494 e. The fraction of sp³-hybridized carbons (Fsp3) is 0.364. The second-order valence-corrected chi connectivity index (χ2v) is 6.98. The van der Waals surface area contributed by atoms with Crippen molar-refractivity contribution in [1.29, 1.82) is 0 Å². The van der Waals surface area contributed by atoms with E-state index in [2.05, 4.69) is 22.9 Å². The summed E-state index contributed by atoms with van der Waals surface area (Å²) in [4.78, 5) is 24.9. The van der Waals surface area contributed by atoms with Crippen molar-refractivity contribution < 1.29 is 14.3 Å². The standard InChI is InChI=1S/C22H27N3O3/c1-4-14(3)20-22(27)25-18-12-15(10-11-17(18)24-20)21(26)23-13-16-8-6-7-9-19(16)28-5-2/h6-12,14,20,24H,4-5,13H2,1-3H3,(H,23,26)(H,25,27)/t14-,20+/m0/s1. The van der Waals surface area contributed by atoms with Gasteiger partial charge in [-0.3, -0.25) is 9.59 Å². The summed E-state index contributed by atoms with van der Waals surface area (Å²) >= 11 is 0. The highest BCUT2D eigenvalue weighted by molar-refractivity contribution is 6.05. The van der Waals surface area contributed by atoms with E-state index in [0.717, 1.165) is 23.4 Å². The minimum absolute atomic E-state index is 0.0648. The van der Waals surface area contributed by atoms with Crippen LogP contribution < -0.4 is 20.7 Å². The van der Waals surface area contributed by atoms with Gasteiger partial charge >= 0.3 is 0 Å². The van der Waals surface area contributed by atoms with Gasteiger partial charge in [-0.15, -0.1) is 0 Å². The molecule has 0 bridgehead atoms. The third-order valence-electron chi connectivity index (χ3n) is 5.06. The Morgan fingerprint density at radius 3 is 2.71 bits per heavy atom. The first-order valence-electron chi connectivity index (χ1n) is 9.73. The van der Waals surface area contributed by atoms with Crippen LogP contribution in [-0.4, -0.2) is 24.5 Å².